The monoisotopic (exact) mass is 419 g/mol. The second-order valence-corrected chi connectivity index (χ2v) is 7.53. The minimum absolute atomic E-state index is 0. The predicted octanol–water partition coefficient (Wildman–Crippen LogP) is 3.84. The van der Waals surface area contributed by atoms with E-state index in [4.69, 9.17) is 0 Å². The molecule has 4 nitrogen and oxygen atoms in total. The number of thiazole rings is 1. The molecule has 1 aromatic heterocycles. The van der Waals surface area contributed by atoms with E-state index < -0.39 is 0 Å². The van der Waals surface area contributed by atoms with E-state index in [1.54, 1.807) is 6.07 Å². The molecule has 1 fully saturated rings. The number of amides is 1. The average molecular weight is 420 g/mol. The Morgan fingerprint density at radius 3 is 2.77 bits per heavy atom. The van der Waals surface area contributed by atoms with Gasteiger partial charge in [0.1, 0.15) is 10.8 Å². The van der Waals surface area contributed by atoms with E-state index in [9.17, 15) is 9.18 Å². The van der Waals surface area contributed by atoms with Crippen LogP contribution >= 0.6 is 36.2 Å². The number of nitrogens with zero attached hydrogens (tertiary/aromatic N) is 1. The number of carbonyl (C=O) groups excluding carboxylic acids is 1. The molecule has 3 rings (SSSR count). The molecule has 26 heavy (non-hydrogen) atoms. The first kappa shape index (κ1) is 22.8. The highest BCUT2D eigenvalue weighted by molar-refractivity contribution is 7.13. The molecule has 2 N–H and O–H groups in total. The zero-order chi connectivity index (χ0) is 17.0. The number of rotatable bonds is 5. The summed E-state index contributed by atoms with van der Waals surface area (Å²) in [5, 5.41) is 8.98. The van der Waals surface area contributed by atoms with E-state index in [-0.39, 0.29) is 48.4 Å². The van der Waals surface area contributed by atoms with Gasteiger partial charge in [-0.15, -0.1) is 36.2 Å². The standard InChI is InChI=1S/C18H22FN3OS.2ClH/c1-18(5-7-20-8-6-18)12-21-16(23)10-15-11-24-17(22-15)13-3-2-4-14(19)9-13;;/h2-4,9,11,20H,5-8,10,12H2,1H3,(H,21,23);2*1H. The smallest absolute Gasteiger partial charge is 0.226 e. The normalized spacial score (nSPS) is 15.5. The summed E-state index contributed by atoms with van der Waals surface area (Å²) < 4.78 is 13.3. The molecule has 0 saturated carbocycles. The molecular weight excluding hydrogens is 396 g/mol. The maximum atomic E-state index is 13.3. The van der Waals surface area contributed by atoms with Crippen LogP contribution in [0.5, 0.6) is 0 Å². The van der Waals surface area contributed by atoms with E-state index in [1.165, 1.54) is 23.5 Å². The molecule has 2 aromatic rings. The maximum Gasteiger partial charge on any atom is 0.226 e. The van der Waals surface area contributed by atoms with Gasteiger partial charge in [-0.3, -0.25) is 4.79 Å². The van der Waals surface area contributed by atoms with Crippen LogP contribution in [0.3, 0.4) is 0 Å². The molecule has 144 valence electrons. The number of halogens is 3. The van der Waals surface area contributed by atoms with Crippen molar-refractivity contribution in [2.24, 2.45) is 5.41 Å². The summed E-state index contributed by atoms with van der Waals surface area (Å²) in [6, 6.07) is 6.36. The fraction of sp³-hybridized carbons (Fsp3) is 0.444. The van der Waals surface area contributed by atoms with E-state index in [1.807, 2.05) is 11.4 Å². The third-order valence-electron chi connectivity index (χ3n) is 4.49. The molecule has 0 radical (unpaired) electrons. The largest absolute Gasteiger partial charge is 0.355 e. The van der Waals surface area contributed by atoms with Gasteiger partial charge in [0.15, 0.2) is 0 Å². The molecule has 0 unspecified atom stereocenters. The first-order chi connectivity index (χ1) is 11.5. The van der Waals surface area contributed by atoms with Gasteiger partial charge >= 0.3 is 0 Å². The van der Waals surface area contributed by atoms with E-state index in [0.29, 0.717) is 6.54 Å². The number of aromatic nitrogens is 1. The summed E-state index contributed by atoms with van der Waals surface area (Å²) in [7, 11) is 0. The molecule has 1 amide bonds. The van der Waals surface area contributed by atoms with E-state index >= 15 is 0 Å². The number of benzene rings is 1. The van der Waals surface area contributed by atoms with Crippen LogP contribution < -0.4 is 10.6 Å². The lowest BCUT2D eigenvalue weighted by Gasteiger charge is -2.34. The Hall–Kier alpha value is -1.21. The van der Waals surface area contributed by atoms with Gasteiger partial charge < -0.3 is 10.6 Å². The quantitative estimate of drug-likeness (QED) is 0.773. The van der Waals surface area contributed by atoms with Gasteiger partial charge in [0.05, 0.1) is 12.1 Å². The van der Waals surface area contributed by atoms with Gasteiger partial charge in [0.25, 0.3) is 0 Å². The highest BCUT2D eigenvalue weighted by Crippen LogP contribution is 2.27. The topological polar surface area (TPSA) is 54.0 Å². The van der Waals surface area contributed by atoms with Gasteiger partial charge in [0.2, 0.25) is 5.91 Å². The van der Waals surface area contributed by atoms with Crippen LogP contribution in [0.4, 0.5) is 4.39 Å². The van der Waals surface area contributed by atoms with Crippen LogP contribution in [0.15, 0.2) is 29.6 Å². The van der Waals surface area contributed by atoms with Gasteiger partial charge in [-0.1, -0.05) is 19.1 Å². The van der Waals surface area contributed by atoms with Crippen molar-refractivity contribution in [1.82, 2.24) is 15.6 Å². The molecule has 0 bridgehead atoms. The Balaban J connectivity index is 0.00000169. The number of carbonyl (C=O) groups is 1. The fourth-order valence-electron chi connectivity index (χ4n) is 2.89. The number of nitrogens with one attached hydrogen (secondary N) is 2. The average Bonchev–Trinajstić information content (AvgIpc) is 3.02. The summed E-state index contributed by atoms with van der Waals surface area (Å²) in [6.07, 6.45) is 2.42. The molecule has 1 aliphatic rings. The Morgan fingerprint density at radius 2 is 2.08 bits per heavy atom. The predicted molar refractivity (Wildman–Crippen MR) is 109 cm³/mol. The molecular formula is C18H24Cl2FN3OS. The molecule has 0 spiro atoms. The highest BCUT2D eigenvalue weighted by Gasteiger charge is 2.27. The number of hydrogen-bond donors (Lipinski definition) is 2. The van der Waals surface area contributed by atoms with Crippen molar-refractivity contribution in [3.8, 4) is 10.6 Å². The van der Waals surface area contributed by atoms with Crippen molar-refractivity contribution < 1.29 is 9.18 Å². The maximum absolute atomic E-state index is 13.3. The zero-order valence-electron chi connectivity index (χ0n) is 14.6. The van der Waals surface area contributed by atoms with Crippen molar-refractivity contribution in [3.63, 3.8) is 0 Å². The summed E-state index contributed by atoms with van der Waals surface area (Å²) >= 11 is 1.43. The van der Waals surface area contributed by atoms with Crippen LogP contribution in [0.25, 0.3) is 10.6 Å². The Bertz CT molecular complexity index is 720. The zero-order valence-corrected chi connectivity index (χ0v) is 17.0. The van der Waals surface area contributed by atoms with Gasteiger partial charge in [-0.25, -0.2) is 9.37 Å². The van der Waals surface area contributed by atoms with E-state index in [2.05, 4.69) is 22.5 Å². The van der Waals surface area contributed by atoms with Crippen molar-refractivity contribution in [1.29, 1.82) is 0 Å². The van der Waals surface area contributed by atoms with Crippen molar-refractivity contribution in [2.45, 2.75) is 26.2 Å². The third kappa shape index (κ3) is 6.20. The highest BCUT2D eigenvalue weighted by atomic mass is 35.5. The Morgan fingerprint density at radius 1 is 1.35 bits per heavy atom. The van der Waals surface area contributed by atoms with Crippen LogP contribution in [-0.2, 0) is 11.2 Å². The van der Waals surface area contributed by atoms with Crippen LogP contribution in [-0.4, -0.2) is 30.5 Å². The van der Waals surface area contributed by atoms with Crippen molar-refractivity contribution >= 4 is 42.1 Å². The molecule has 0 atom stereocenters. The Labute approximate surface area is 169 Å². The molecule has 2 heterocycles. The minimum Gasteiger partial charge on any atom is -0.355 e. The summed E-state index contributed by atoms with van der Waals surface area (Å²) in [6.45, 7) is 4.94. The molecule has 8 heteroatoms. The lowest BCUT2D eigenvalue weighted by molar-refractivity contribution is -0.121. The molecule has 1 aromatic carbocycles. The minimum atomic E-state index is -0.280. The molecule has 1 saturated heterocycles. The Kier molecular flexibility index (Phi) is 8.96. The summed E-state index contributed by atoms with van der Waals surface area (Å²) in [4.78, 5) is 16.6. The van der Waals surface area contributed by atoms with Crippen LogP contribution in [0.1, 0.15) is 25.5 Å². The van der Waals surface area contributed by atoms with Gasteiger partial charge in [-0.05, 0) is 43.5 Å². The van der Waals surface area contributed by atoms with Gasteiger partial charge in [0, 0.05) is 17.5 Å². The second kappa shape index (κ2) is 10.2. The lowest BCUT2D eigenvalue weighted by Crippen LogP contribution is -2.43. The van der Waals surface area contributed by atoms with Gasteiger partial charge in [-0.2, -0.15) is 0 Å². The van der Waals surface area contributed by atoms with Crippen molar-refractivity contribution in [3.05, 3.63) is 41.2 Å². The molecule has 1 aliphatic heterocycles. The second-order valence-electron chi connectivity index (χ2n) is 6.67. The van der Waals surface area contributed by atoms with Crippen molar-refractivity contribution in [2.75, 3.05) is 19.6 Å². The third-order valence-corrected chi connectivity index (χ3v) is 5.43. The van der Waals surface area contributed by atoms with Crippen LogP contribution in [0.2, 0.25) is 0 Å². The SMILES string of the molecule is CC1(CNC(=O)Cc2csc(-c3cccc(F)c3)n2)CCNCC1.Cl.Cl. The van der Waals surface area contributed by atoms with Crippen LogP contribution in [0, 0.1) is 11.2 Å². The van der Waals surface area contributed by atoms with E-state index in [0.717, 1.165) is 42.2 Å². The number of piperidine rings is 1. The lowest BCUT2D eigenvalue weighted by atomic mass is 9.81. The summed E-state index contributed by atoms with van der Waals surface area (Å²) in [5.41, 5.74) is 1.65. The number of hydrogen-bond acceptors (Lipinski definition) is 4. The summed E-state index contributed by atoms with van der Waals surface area (Å²) in [5.74, 6) is -0.289. The first-order valence-corrected chi connectivity index (χ1v) is 9.10. The first-order valence-electron chi connectivity index (χ1n) is 8.22. The molecule has 0 aliphatic carbocycles. The fourth-order valence-corrected chi connectivity index (χ4v) is 3.71.